The minimum absolute atomic E-state index is 0.266. The van der Waals surface area contributed by atoms with Crippen LogP contribution < -0.4 is 5.32 Å². The summed E-state index contributed by atoms with van der Waals surface area (Å²) in [5.74, 6) is 0. The highest BCUT2D eigenvalue weighted by Gasteiger charge is 2.08. The maximum atomic E-state index is 6.13. The van der Waals surface area contributed by atoms with Gasteiger partial charge in [-0.2, -0.15) is 0 Å². The number of benzene rings is 2. The van der Waals surface area contributed by atoms with E-state index in [1.54, 1.807) is 0 Å². The zero-order valence-corrected chi connectivity index (χ0v) is 11.8. The SMILES string of the molecule is Cc1cccc(C(C)Nc2cccc(Cl)c2C)c1. The van der Waals surface area contributed by atoms with Gasteiger partial charge in [-0.15, -0.1) is 0 Å². The summed E-state index contributed by atoms with van der Waals surface area (Å²) >= 11 is 6.13. The summed E-state index contributed by atoms with van der Waals surface area (Å²) in [5.41, 5.74) is 4.76. The van der Waals surface area contributed by atoms with Gasteiger partial charge in [-0.1, -0.05) is 47.5 Å². The molecule has 1 atom stereocenters. The molecule has 1 nitrogen and oxygen atoms in total. The number of anilines is 1. The van der Waals surface area contributed by atoms with E-state index in [1.165, 1.54) is 11.1 Å². The molecule has 0 aromatic heterocycles. The first-order valence-corrected chi connectivity index (χ1v) is 6.54. The molecule has 0 spiro atoms. The lowest BCUT2D eigenvalue weighted by atomic mass is 10.0. The van der Waals surface area contributed by atoms with Crippen LogP contribution >= 0.6 is 11.6 Å². The van der Waals surface area contributed by atoms with E-state index in [-0.39, 0.29) is 6.04 Å². The van der Waals surface area contributed by atoms with Gasteiger partial charge < -0.3 is 5.32 Å². The molecule has 2 heteroatoms. The minimum Gasteiger partial charge on any atom is -0.378 e. The third-order valence-electron chi connectivity index (χ3n) is 3.18. The van der Waals surface area contributed by atoms with Crippen LogP contribution in [-0.2, 0) is 0 Å². The quantitative estimate of drug-likeness (QED) is 0.806. The number of hydrogen-bond acceptors (Lipinski definition) is 1. The van der Waals surface area contributed by atoms with Crippen molar-refractivity contribution in [1.82, 2.24) is 0 Å². The van der Waals surface area contributed by atoms with Gasteiger partial charge in [-0.05, 0) is 44.0 Å². The lowest BCUT2D eigenvalue weighted by molar-refractivity contribution is 0.881. The Morgan fingerprint density at radius 3 is 2.50 bits per heavy atom. The van der Waals surface area contributed by atoms with Crippen LogP contribution in [0.4, 0.5) is 5.69 Å². The van der Waals surface area contributed by atoms with Gasteiger partial charge in [0.15, 0.2) is 0 Å². The third kappa shape index (κ3) is 2.85. The van der Waals surface area contributed by atoms with Crippen LogP contribution in [-0.4, -0.2) is 0 Å². The van der Waals surface area contributed by atoms with Crippen LogP contribution in [0.3, 0.4) is 0 Å². The van der Waals surface area contributed by atoms with Crippen molar-refractivity contribution in [3.8, 4) is 0 Å². The van der Waals surface area contributed by atoms with E-state index >= 15 is 0 Å². The van der Waals surface area contributed by atoms with E-state index in [0.29, 0.717) is 0 Å². The lowest BCUT2D eigenvalue weighted by Gasteiger charge is -2.18. The topological polar surface area (TPSA) is 12.0 Å². The van der Waals surface area contributed by atoms with Gasteiger partial charge in [-0.3, -0.25) is 0 Å². The fourth-order valence-electron chi connectivity index (χ4n) is 2.02. The van der Waals surface area contributed by atoms with Gasteiger partial charge in [0, 0.05) is 16.8 Å². The molecule has 0 bridgehead atoms. The van der Waals surface area contributed by atoms with E-state index < -0.39 is 0 Å². The van der Waals surface area contributed by atoms with Crippen molar-refractivity contribution in [3.63, 3.8) is 0 Å². The predicted octanol–water partition coefficient (Wildman–Crippen LogP) is 5.13. The smallest absolute Gasteiger partial charge is 0.0485 e. The van der Waals surface area contributed by atoms with Crippen LogP contribution in [0, 0.1) is 13.8 Å². The summed E-state index contributed by atoms with van der Waals surface area (Å²) in [6.07, 6.45) is 0. The van der Waals surface area contributed by atoms with Crippen LogP contribution in [0.15, 0.2) is 42.5 Å². The molecule has 2 rings (SSSR count). The highest BCUT2D eigenvalue weighted by molar-refractivity contribution is 6.31. The first-order chi connectivity index (χ1) is 8.58. The summed E-state index contributed by atoms with van der Waals surface area (Å²) in [5, 5.41) is 4.31. The van der Waals surface area contributed by atoms with E-state index in [0.717, 1.165) is 16.3 Å². The van der Waals surface area contributed by atoms with E-state index in [4.69, 9.17) is 11.6 Å². The second-order valence-electron chi connectivity index (χ2n) is 4.69. The predicted molar refractivity (Wildman–Crippen MR) is 79.4 cm³/mol. The van der Waals surface area contributed by atoms with Crippen molar-refractivity contribution < 1.29 is 0 Å². The fourth-order valence-corrected chi connectivity index (χ4v) is 2.19. The van der Waals surface area contributed by atoms with E-state index in [1.807, 2.05) is 19.1 Å². The van der Waals surface area contributed by atoms with Crippen LogP contribution in [0.1, 0.15) is 29.7 Å². The lowest BCUT2D eigenvalue weighted by Crippen LogP contribution is -2.07. The minimum atomic E-state index is 0.266. The van der Waals surface area contributed by atoms with Crippen molar-refractivity contribution in [3.05, 3.63) is 64.2 Å². The Hall–Kier alpha value is -1.47. The third-order valence-corrected chi connectivity index (χ3v) is 3.59. The molecule has 0 aliphatic heterocycles. The Morgan fingerprint density at radius 1 is 1.06 bits per heavy atom. The second-order valence-corrected chi connectivity index (χ2v) is 5.10. The number of aryl methyl sites for hydroxylation is 1. The van der Waals surface area contributed by atoms with Crippen molar-refractivity contribution >= 4 is 17.3 Å². The van der Waals surface area contributed by atoms with Crippen LogP contribution in [0.2, 0.25) is 5.02 Å². The van der Waals surface area contributed by atoms with Gasteiger partial charge >= 0.3 is 0 Å². The molecular weight excluding hydrogens is 242 g/mol. The molecule has 0 fully saturated rings. The number of hydrogen-bond donors (Lipinski definition) is 1. The molecule has 0 saturated heterocycles. The first-order valence-electron chi connectivity index (χ1n) is 6.16. The van der Waals surface area contributed by atoms with Crippen molar-refractivity contribution in [2.24, 2.45) is 0 Å². The Morgan fingerprint density at radius 2 is 1.78 bits per heavy atom. The molecule has 0 saturated carbocycles. The highest BCUT2D eigenvalue weighted by atomic mass is 35.5. The normalized spacial score (nSPS) is 12.2. The fraction of sp³-hybridized carbons (Fsp3) is 0.250. The highest BCUT2D eigenvalue weighted by Crippen LogP contribution is 2.26. The van der Waals surface area contributed by atoms with Gasteiger partial charge in [0.05, 0.1) is 0 Å². The molecule has 0 amide bonds. The molecule has 0 heterocycles. The molecule has 0 aliphatic rings. The van der Waals surface area contributed by atoms with Crippen LogP contribution in [0.5, 0.6) is 0 Å². The molecule has 0 aliphatic carbocycles. The number of halogens is 1. The van der Waals surface area contributed by atoms with E-state index in [9.17, 15) is 0 Å². The summed E-state index contributed by atoms with van der Waals surface area (Å²) < 4.78 is 0. The Bertz CT molecular complexity index is 549. The summed E-state index contributed by atoms with van der Waals surface area (Å²) in [6, 6.07) is 14.8. The summed E-state index contributed by atoms with van der Waals surface area (Å²) in [7, 11) is 0. The second kappa shape index (κ2) is 5.45. The largest absolute Gasteiger partial charge is 0.378 e. The molecular formula is C16H18ClN. The molecule has 94 valence electrons. The monoisotopic (exact) mass is 259 g/mol. The standard InChI is InChI=1S/C16H18ClN/c1-11-6-4-7-14(10-11)13(3)18-16-9-5-8-15(17)12(16)2/h4-10,13,18H,1-3H3. The Balaban J connectivity index is 2.21. The van der Waals surface area contributed by atoms with Crippen molar-refractivity contribution in [2.45, 2.75) is 26.8 Å². The average molecular weight is 260 g/mol. The molecule has 1 N–H and O–H groups in total. The van der Waals surface area contributed by atoms with Crippen LogP contribution in [0.25, 0.3) is 0 Å². The zero-order chi connectivity index (χ0) is 13.1. The van der Waals surface area contributed by atoms with Crippen molar-refractivity contribution in [1.29, 1.82) is 0 Å². The number of nitrogens with one attached hydrogen (secondary N) is 1. The molecule has 0 radical (unpaired) electrons. The zero-order valence-electron chi connectivity index (χ0n) is 11.0. The Labute approximate surface area is 114 Å². The maximum absolute atomic E-state index is 6.13. The Kier molecular flexibility index (Phi) is 3.93. The molecule has 2 aromatic carbocycles. The van der Waals surface area contributed by atoms with Gasteiger partial charge in [0.25, 0.3) is 0 Å². The van der Waals surface area contributed by atoms with Gasteiger partial charge in [0.1, 0.15) is 0 Å². The van der Waals surface area contributed by atoms with Gasteiger partial charge in [0.2, 0.25) is 0 Å². The number of rotatable bonds is 3. The molecule has 2 aromatic rings. The van der Waals surface area contributed by atoms with Gasteiger partial charge in [-0.25, -0.2) is 0 Å². The summed E-state index contributed by atoms with van der Waals surface area (Å²) in [6.45, 7) is 6.31. The van der Waals surface area contributed by atoms with E-state index in [2.05, 4.69) is 49.5 Å². The van der Waals surface area contributed by atoms with Crippen molar-refractivity contribution in [2.75, 3.05) is 5.32 Å². The maximum Gasteiger partial charge on any atom is 0.0485 e. The first kappa shape index (κ1) is 13.0. The molecule has 1 unspecified atom stereocenters. The average Bonchev–Trinajstić information content (AvgIpc) is 2.35. The summed E-state index contributed by atoms with van der Waals surface area (Å²) in [4.78, 5) is 0. The molecule has 18 heavy (non-hydrogen) atoms.